The van der Waals surface area contributed by atoms with E-state index in [0.29, 0.717) is 43.2 Å². The molecule has 5 aliphatic rings. The first-order valence-corrected chi connectivity index (χ1v) is 18.9. The average molecular weight is 646 g/mol. The Hall–Kier alpha value is -2.18. The highest BCUT2D eigenvalue weighted by atomic mass is 16.3. The van der Waals surface area contributed by atoms with Crippen LogP contribution in [0.4, 0.5) is 0 Å². The van der Waals surface area contributed by atoms with Crippen molar-refractivity contribution in [2.75, 3.05) is 13.1 Å². The second-order valence-electron chi connectivity index (χ2n) is 18.0. The van der Waals surface area contributed by atoms with Gasteiger partial charge in [0, 0.05) is 13.1 Å². The molecule has 2 amide bonds. The third-order valence-electron chi connectivity index (χ3n) is 15.8. The number of fused-ring (bicyclic) bond motifs is 7. The normalized spacial score (nSPS) is 42.8. The third-order valence-corrected chi connectivity index (χ3v) is 15.8. The summed E-state index contributed by atoms with van der Waals surface area (Å²) in [4.78, 5) is 27.1. The third kappa shape index (κ3) is 5.34. The number of carbonyl (C=O) groups excluding carboxylic acids is 2. The largest absolute Gasteiger partial charge is 0.393 e. The van der Waals surface area contributed by atoms with Crippen LogP contribution in [0, 0.1) is 56.7 Å². The van der Waals surface area contributed by atoms with Crippen molar-refractivity contribution < 1.29 is 14.7 Å². The molecule has 1 aromatic carbocycles. The number of nitrogens with one attached hydrogen (secondary N) is 2. The van der Waals surface area contributed by atoms with Gasteiger partial charge in [-0.25, -0.2) is 0 Å². The minimum atomic E-state index is -0.613. The summed E-state index contributed by atoms with van der Waals surface area (Å²) in [5.74, 6) is 2.38. The molecule has 4 fully saturated rings. The van der Waals surface area contributed by atoms with Crippen LogP contribution in [0.25, 0.3) is 0 Å². The van der Waals surface area contributed by atoms with Crippen LogP contribution in [0.1, 0.15) is 112 Å². The Balaban J connectivity index is 1.20. The molecule has 1 aromatic rings. The van der Waals surface area contributed by atoms with Crippen molar-refractivity contribution >= 4 is 11.8 Å². The number of carbonyl (C=O) groups is 2. The van der Waals surface area contributed by atoms with Crippen LogP contribution in [0.3, 0.4) is 0 Å². The molecule has 11 atom stereocenters. The van der Waals surface area contributed by atoms with Crippen molar-refractivity contribution in [1.29, 1.82) is 0 Å². The van der Waals surface area contributed by atoms with Gasteiger partial charge >= 0.3 is 0 Å². The molecule has 0 unspecified atom stereocenters. The van der Waals surface area contributed by atoms with E-state index in [1.165, 1.54) is 12.8 Å². The SMILES string of the molecule is C[C@H]1[C@H](C)CC[C@]2(C(=O)NCCNC(=O)[C@@H](N)Cc3ccccc3)CC[C@]3(C)C(=CC[C@@H]4[C@@]5(C)CC[C@H](O)C(C)(C)[C@@H]5CC[C@]43C)[C@H]12. The van der Waals surface area contributed by atoms with Crippen molar-refractivity contribution in [3.63, 3.8) is 0 Å². The molecule has 6 heteroatoms. The lowest BCUT2D eigenvalue weighted by atomic mass is 9.33. The Morgan fingerprint density at radius 1 is 0.894 bits per heavy atom. The van der Waals surface area contributed by atoms with E-state index in [4.69, 9.17) is 5.73 Å². The molecule has 6 nitrogen and oxygen atoms in total. The number of aliphatic hydroxyl groups excluding tert-OH is 1. The summed E-state index contributed by atoms with van der Waals surface area (Å²) in [6, 6.07) is 9.23. The van der Waals surface area contributed by atoms with E-state index >= 15 is 0 Å². The highest BCUT2D eigenvalue weighted by molar-refractivity contribution is 5.84. The molecule has 0 aromatic heterocycles. The van der Waals surface area contributed by atoms with Crippen molar-refractivity contribution in [2.45, 2.75) is 125 Å². The molecule has 4 saturated carbocycles. The van der Waals surface area contributed by atoms with E-state index in [9.17, 15) is 14.7 Å². The summed E-state index contributed by atoms with van der Waals surface area (Å²) in [6.45, 7) is 18.0. The van der Waals surface area contributed by atoms with Crippen LogP contribution >= 0.6 is 0 Å². The van der Waals surface area contributed by atoms with Crippen molar-refractivity contribution in [2.24, 2.45) is 62.4 Å². The molecule has 0 aliphatic heterocycles. The van der Waals surface area contributed by atoms with Gasteiger partial charge in [0.25, 0.3) is 0 Å². The summed E-state index contributed by atoms with van der Waals surface area (Å²) in [5.41, 5.74) is 8.82. The van der Waals surface area contributed by atoms with E-state index < -0.39 is 11.5 Å². The minimum Gasteiger partial charge on any atom is -0.393 e. The molecule has 0 spiro atoms. The van der Waals surface area contributed by atoms with E-state index in [1.807, 2.05) is 30.3 Å². The standard InChI is InChI=1S/C41H63N3O3/c1-26-15-20-41(36(47)44-24-23-43-35(46)30(42)25-28-11-9-8-10-12-28)22-21-39(6)29(34(41)27(26)2)13-14-32-38(5)18-17-33(45)37(3,4)31(38)16-19-40(32,39)7/h8-13,26-27,30-34,45H,14-25,42H2,1-7H3,(H,43,46)(H,44,47)/t26-,27+,30+,31+,32-,33+,34+,38+,39-,40-,41+/m1/s1. The van der Waals surface area contributed by atoms with Gasteiger partial charge < -0.3 is 21.5 Å². The second-order valence-corrected chi connectivity index (χ2v) is 18.0. The van der Waals surface area contributed by atoms with Crippen LogP contribution < -0.4 is 16.4 Å². The van der Waals surface area contributed by atoms with Gasteiger partial charge in [0.15, 0.2) is 0 Å². The average Bonchev–Trinajstić information content (AvgIpc) is 3.03. The number of aliphatic hydroxyl groups is 1. The first-order valence-electron chi connectivity index (χ1n) is 18.9. The zero-order valence-electron chi connectivity index (χ0n) is 30.3. The predicted molar refractivity (Wildman–Crippen MR) is 189 cm³/mol. The van der Waals surface area contributed by atoms with Gasteiger partial charge in [-0.1, -0.05) is 90.4 Å². The van der Waals surface area contributed by atoms with Crippen LogP contribution in [-0.2, 0) is 16.0 Å². The van der Waals surface area contributed by atoms with E-state index in [-0.39, 0.29) is 45.5 Å². The summed E-state index contributed by atoms with van der Waals surface area (Å²) in [6.07, 6.45) is 12.4. The molecule has 5 N–H and O–H groups in total. The monoisotopic (exact) mass is 645 g/mol. The van der Waals surface area contributed by atoms with E-state index in [0.717, 1.165) is 50.5 Å². The van der Waals surface area contributed by atoms with Crippen LogP contribution in [0.2, 0.25) is 0 Å². The maximum Gasteiger partial charge on any atom is 0.237 e. The molecule has 0 heterocycles. The lowest BCUT2D eigenvalue weighted by Crippen LogP contribution is -2.66. The minimum absolute atomic E-state index is 0.0568. The van der Waals surface area contributed by atoms with Gasteiger partial charge in [0.1, 0.15) is 0 Å². The first kappa shape index (κ1) is 34.7. The van der Waals surface area contributed by atoms with Gasteiger partial charge in [-0.15, -0.1) is 0 Å². The Morgan fingerprint density at radius 2 is 1.60 bits per heavy atom. The fourth-order valence-corrected chi connectivity index (χ4v) is 12.5. The lowest BCUT2D eigenvalue weighted by molar-refractivity contribution is -0.204. The van der Waals surface area contributed by atoms with Crippen molar-refractivity contribution in [3.8, 4) is 0 Å². The molecule has 0 radical (unpaired) electrons. The zero-order chi connectivity index (χ0) is 34.0. The smallest absolute Gasteiger partial charge is 0.237 e. The summed E-state index contributed by atoms with van der Waals surface area (Å²) in [7, 11) is 0. The second kappa shape index (κ2) is 12.3. The van der Waals surface area contributed by atoms with E-state index in [2.05, 4.69) is 65.2 Å². The lowest BCUT2D eigenvalue weighted by Gasteiger charge is -2.71. The Bertz CT molecular complexity index is 1370. The molecule has 260 valence electrons. The van der Waals surface area contributed by atoms with Crippen LogP contribution in [0.15, 0.2) is 42.0 Å². The highest BCUT2D eigenvalue weighted by Gasteiger charge is 2.69. The molecular weight excluding hydrogens is 582 g/mol. The quantitative estimate of drug-likeness (QED) is 0.193. The number of amides is 2. The predicted octanol–water partition coefficient (Wildman–Crippen LogP) is 6.81. The number of nitrogens with two attached hydrogens (primary N) is 1. The zero-order valence-corrected chi connectivity index (χ0v) is 30.3. The Kier molecular flexibility index (Phi) is 9.07. The van der Waals surface area contributed by atoms with Gasteiger partial charge in [0.05, 0.1) is 17.6 Å². The molecular formula is C41H63N3O3. The Morgan fingerprint density at radius 3 is 2.32 bits per heavy atom. The molecule has 6 rings (SSSR count). The first-order chi connectivity index (χ1) is 22.1. The van der Waals surface area contributed by atoms with Gasteiger partial charge in [0.2, 0.25) is 11.8 Å². The Labute approximate surface area is 284 Å². The molecule has 47 heavy (non-hydrogen) atoms. The van der Waals surface area contributed by atoms with Gasteiger partial charge in [-0.3, -0.25) is 9.59 Å². The molecule has 5 aliphatic carbocycles. The maximum absolute atomic E-state index is 14.4. The number of allylic oxidation sites excluding steroid dienone is 2. The number of hydrogen-bond donors (Lipinski definition) is 4. The molecule has 0 bridgehead atoms. The molecule has 0 saturated heterocycles. The number of hydrogen-bond acceptors (Lipinski definition) is 4. The van der Waals surface area contributed by atoms with Crippen LogP contribution in [0.5, 0.6) is 0 Å². The maximum atomic E-state index is 14.4. The fourth-order valence-electron chi connectivity index (χ4n) is 12.5. The highest BCUT2D eigenvalue weighted by Crippen LogP contribution is 2.75. The summed E-state index contributed by atoms with van der Waals surface area (Å²) in [5, 5.41) is 17.3. The van der Waals surface area contributed by atoms with Crippen molar-refractivity contribution in [3.05, 3.63) is 47.5 Å². The van der Waals surface area contributed by atoms with Crippen molar-refractivity contribution in [1.82, 2.24) is 10.6 Å². The number of rotatable bonds is 7. The fraction of sp³-hybridized carbons (Fsp3) is 0.756. The van der Waals surface area contributed by atoms with Gasteiger partial charge in [-0.05, 0) is 121 Å². The number of benzene rings is 1. The summed E-state index contributed by atoms with van der Waals surface area (Å²) < 4.78 is 0. The summed E-state index contributed by atoms with van der Waals surface area (Å²) >= 11 is 0. The van der Waals surface area contributed by atoms with E-state index in [1.54, 1.807) is 5.57 Å². The van der Waals surface area contributed by atoms with Crippen LogP contribution in [-0.4, -0.2) is 42.2 Å². The van der Waals surface area contributed by atoms with Gasteiger partial charge in [-0.2, -0.15) is 0 Å². The topological polar surface area (TPSA) is 104 Å².